The smallest absolute Gasteiger partial charge is 0.338 e. The Balaban J connectivity index is 1.13. The van der Waals surface area contributed by atoms with Gasteiger partial charge in [0.1, 0.15) is 0 Å². The summed E-state index contributed by atoms with van der Waals surface area (Å²) >= 11 is 0. The third-order valence-electron chi connectivity index (χ3n) is 8.62. The number of Topliss-reactive ketones (excluding diaryl/α,β-unsaturated/α-hetero) is 1. The van der Waals surface area contributed by atoms with E-state index < -0.39 is 5.97 Å². The first-order chi connectivity index (χ1) is 18.2. The van der Waals surface area contributed by atoms with E-state index in [1.165, 1.54) is 11.3 Å². The van der Waals surface area contributed by atoms with E-state index in [9.17, 15) is 9.59 Å². The lowest BCUT2D eigenvalue weighted by atomic mass is 9.73. The Morgan fingerprint density at radius 1 is 0.784 bits per heavy atom. The first-order valence-electron chi connectivity index (χ1n) is 13.3. The van der Waals surface area contributed by atoms with Crippen molar-refractivity contribution in [3.8, 4) is 11.1 Å². The number of hydrogen-bond donors (Lipinski definition) is 0. The molecule has 4 heteroatoms. The average molecular weight is 488 g/mol. The number of nitrogens with zero attached hydrogens (tertiary/aromatic N) is 1. The summed E-state index contributed by atoms with van der Waals surface area (Å²) in [6.07, 6.45) is 11.3. The van der Waals surface area contributed by atoms with Crippen LogP contribution in [-0.2, 0) is 4.74 Å². The van der Waals surface area contributed by atoms with E-state index >= 15 is 0 Å². The molecule has 3 aromatic carbocycles. The number of hydrogen-bond acceptors (Lipinski definition) is 4. The molecule has 0 spiro atoms. The van der Waals surface area contributed by atoms with Crippen molar-refractivity contribution in [2.24, 2.45) is 11.8 Å². The van der Waals surface area contributed by atoms with E-state index in [2.05, 4.69) is 35.3 Å². The Kier molecular flexibility index (Phi) is 5.35. The lowest BCUT2D eigenvalue weighted by Crippen LogP contribution is -2.44. The van der Waals surface area contributed by atoms with Gasteiger partial charge in [-0.2, -0.15) is 0 Å². The number of ether oxygens (including phenoxy) is 1. The molecule has 2 aliphatic heterocycles. The number of benzene rings is 3. The van der Waals surface area contributed by atoms with Gasteiger partial charge in [-0.25, -0.2) is 4.79 Å². The topological polar surface area (TPSA) is 46.6 Å². The molecule has 0 amide bonds. The van der Waals surface area contributed by atoms with Gasteiger partial charge in [-0.15, -0.1) is 0 Å². The van der Waals surface area contributed by atoms with Crippen molar-refractivity contribution in [3.05, 3.63) is 113 Å². The zero-order chi connectivity index (χ0) is 24.9. The fourth-order valence-electron chi connectivity index (χ4n) is 6.83. The van der Waals surface area contributed by atoms with Crippen molar-refractivity contribution >= 4 is 17.4 Å². The molecule has 4 nitrogen and oxygen atoms in total. The zero-order valence-corrected chi connectivity index (χ0v) is 20.7. The van der Waals surface area contributed by atoms with Gasteiger partial charge in [0.05, 0.1) is 5.56 Å². The van der Waals surface area contributed by atoms with Crippen LogP contribution in [-0.4, -0.2) is 31.4 Å². The van der Waals surface area contributed by atoms with Gasteiger partial charge in [0.2, 0.25) is 0 Å². The number of rotatable bonds is 5. The standard InChI is InChI=1S/C33H29NO3/c35-30(23-14-12-22(13-15-23)21-6-2-1-3-7-21)20-37-33(36)29-17-16-28-26-10-4-8-24(26)18-34-19-25-9-5-11-27(25)31(29)32(28)34/h1-7,10-17,24-27H,8-9,18-20H2/t24-,25-,26+,27+/m1/s1. The summed E-state index contributed by atoms with van der Waals surface area (Å²) in [5.74, 6) is 1.17. The Labute approximate surface area is 217 Å². The molecule has 0 unspecified atom stereocenters. The molecule has 0 aromatic heterocycles. The highest BCUT2D eigenvalue weighted by Gasteiger charge is 2.44. The molecule has 0 saturated carbocycles. The van der Waals surface area contributed by atoms with Crippen molar-refractivity contribution in [3.63, 3.8) is 0 Å². The van der Waals surface area contributed by atoms with Crippen molar-refractivity contribution in [1.82, 2.24) is 0 Å². The lowest BCUT2D eigenvalue weighted by molar-refractivity contribution is 0.0473. The van der Waals surface area contributed by atoms with Crippen LogP contribution in [0, 0.1) is 11.8 Å². The Morgan fingerprint density at radius 3 is 2.22 bits per heavy atom. The molecule has 3 aromatic rings. The molecule has 7 rings (SSSR count). The predicted octanol–water partition coefficient (Wildman–Crippen LogP) is 6.55. The van der Waals surface area contributed by atoms with Crippen LogP contribution in [0.4, 0.5) is 5.69 Å². The first kappa shape index (κ1) is 22.3. The molecular weight excluding hydrogens is 458 g/mol. The second-order valence-electron chi connectivity index (χ2n) is 10.7. The number of ketones is 1. The van der Waals surface area contributed by atoms with Gasteiger partial charge in [-0.1, -0.05) is 85.0 Å². The zero-order valence-electron chi connectivity index (χ0n) is 20.7. The summed E-state index contributed by atoms with van der Waals surface area (Å²) < 4.78 is 5.64. The van der Waals surface area contributed by atoms with E-state index in [1.807, 2.05) is 48.5 Å². The van der Waals surface area contributed by atoms with Crippen molar-refractivity contribution in [2.45, 2.75) is 24.7 Å². The normalized spacial score (nSPS) is 24.4. The van der Waals surface area contributed by atoms with Crippen LogP contribution in [0.1, 0.15) is 56.5 Å². The van der Waals surface area contributed by atoms with E-state index in [1.54, 1.807) is 12.1 Å². The first-order valence-corrected chi connectivity index (χ1v) is 13.3. The summed E-state index contributed by atoms with van der Waals surface area (Å²) in [5.41, 5.74) is 6.97. The molecule has 0 radical (unpaired) electrons. The number of fused-ring (bicyclic) bond motifs is 4. The fraction of sp³-hybridized carbons (Fsp3) is 0.273. The second kappa shape index (κ2) is 8.88. The van der Waals surface area contributed by atoms with E-state index in [-0.39, 0.29) is 18.3 Å². The van der Waals surface area contributed by atoms with Gasteiger partial charge in [-0.3, -0.25) is 4.79 Å². The molecule has 2 heterocycles. The molecule has 4 aliphatic rings. The van der Waals surface area contributed by atoms with Gasteiger partial charge in [0, 0.05) is 36.2 Å². The van der Waals surface area contributed by atoms with Crippen LogP contribution in [0.15, 0.2) is 91.0 Å². The van der Waals surface area contributed by atoms with Crippen LogP contribution in [0.5, 0.6) is 0 Å². The van der Waals surface area contributed by atoms with Gasteiger partial charge in [0.15, 0.2) is 12.4 Å². The van der Waals surface area contributed by atoms with Gasteiger partial charge in [-0.05, 0) is 53.0 Å². The van der Waals surface area contributed by atoms with Crippen molar-refractivity contribution in [1.29, 1.82) is 0 Å². The number of carbonyl (C=O) groups is 2. The van der Waals surface area contributed by atoms with Crippen molar-refractivity contribution in [2.75, 3.05) is 24.6 Å². The van der Waals surface area contributed by atoms with Crippen LogP contribution in [0.3, 0.4) is 0 Å². The van der Waals surface area contributed by atoms with Crippen molar-refractivity contribution < 1.29 is 14.3 Å². The maximum atomic E-state index is 13.4. The van der Waals surface area contributed by atoms with Gasteiger partial charge in [0.25, 0.3) is 0 Å². The maximum absolute atomic E-state index is 13.4. The summed E-state index contributed by atoms with van der Waals surface area (Å²) in [5, 5.41) is 0. The highest BCUT2D eigenvalue weighted by molar-refractivity contribution is 6.00. The molecule has 37 heavy (non-hydrogen) atoms. The monoisotopic (exact) mass is 487 g/mol. The van der Waals surface area contributed by atoms with E-state index in [0.717, 1.165) is 42.6 Å². The van der Waals surface area contributed by atoms with Gasteiger partial charge >= 0.3 is 5.97 Å². The van der Waals surface area contributed by atoms with E-state index in [4.69, 9.17) is 4.74 Å². The highest BCUT2D eigenvalue weighted by Crippen LogP contribution is 2.53. The van der Waals surface area contributed by atoms with Crippen LogP contribution < -0.4 is 4.90 Å². The van der Waals surface area contributed by atoms with Crippen LogP contribution in [0.2, 0.25) is 0 Å². The largest absolute Gasteiger partial charge is 0.454 e. The molecule has 184 valence electrons. The number of anilines is 1. The lowest BCUT2D eigenvalue weighted by Gasteiger charge is -2.46. The minimum absolute atomic E-state index is 0.196. The van der Waals surface area contributed by atoms with Crippen LogP contribution in [0.25, 0.3) is 11.1 Å². The van der Waals surface area contributed by atoms with Gasteiger partial charge < -0.3 is 9.64 Å². The number of carbonyl (C=O) groups excluding carboxylic acids is 2. The Bertz CT molecular complexity index is 1430. The minimum atomic E-state index is -0.406. The SMILES string of the molecule is O=C(COC(=O)c1ccc2c3c1[C@H]1C=CC[C@@H]1CN3C[C@H]1CC=C[C@H]21)c1ccc(-c2ccccc2)cc1. The molecule has 0 saturated heterocycles. The summed E-state index contributed by atoms with van der Waals surface area (Å²) in [7, 11) is 0. The Hall–Kier alpha value is -3.92. The molecule has 4 atom stereocenters. The molecule has 0 N–H and O–H groups in total. The maximum Gasteiger partial charge on any atom is 0.338 e. The molecule has 0 bridgehead atoms. The Morgan fingerprint density at radius 2 is 1.46 bits per heavy atom. The highest BCUT2D eigenvalue weighted by atomic mass is 16.5. The summed E-state index contributed by atoms with van der Waals surface area (Å²) in [4.78, 5) is 28.8. The summed E-state index contributed by atoms with van der Waals surface area (Å²) in [6.45, 7) is 1.81. The molecule has 2 aliphatic carbocycles. The number of esters is 1. The predicted molar refractivity (Wildman–Crippen MR) is 145 cm³/mol. The fourth-order valence-corrected chi connectivity index (χ4v) is 6.83. The van der Waals surface area contributed by atoms with E-state index in [0.29, 0.717) is 28.9 Å². The van der Waals surface area contributed by atoms with Crippen LogP contribution >= 0.6 is 0 Å². The molecular formula is C33H29NO3. The third kappa shape index (κ3) is 3.74. The second-order valence-corrected chi connectivity index (χ2v) is 10.7. The summed E-state index contributed by atoms with van der Waals surface area (Å²) in [6, 6.07) is 21.6. The average Bonchev–Trinajstić information content (AvgIpc) is 3.62. The quantitative estimate of drug-likeness (QED) is 0.233. The minimum Gasteiger partial charge on any atom is -0.454 e. The third-order valence-corrected chi connectivity index (χ3v) is 8.62. The number of allylic oxidation sites excluding steroid dienone is 4. The molecule has 0 fully saturated rings.